The van der Waals surface area contributed by atoms with Gasteiger partial charge < -0.3 is 14.9 Å². The van der Waals surface area contributed by atoms with Crippen LogP contribution in [0.4, 0.5) is 13.2 Å². The zero-order chi connectivity index (χ0) is 21.1. The molecule has 0 fully saturated rings. The van der Waals surface area contributed by atoms with Gasteiger partial charge in [0.15, 0.2) is 16.4 Å². The highest BCUT2D eigenvalue weighted by Gasteiger charge is 2.32. The van der Waals surface area contributed by atoms with Crippen LogP contribution in [0.1, 0.15) is 29.7 Å². The Labute approximate surface area is 159 Å². The van der Waals surface area contributed by atoms with Crippen molar-refractivity contribution in [3.05, 3.63) is 59.2 Å². The zero-order valence-corrected chi connectivity index (χ0v) is 15.4. The van der Waals surface area contributed by atoms with Crippen LogP contribution in [0.3, 0.4) is 0 Å². The molecule has 6 nitrogen and oxygen atoms in total. The first-order valence-corrected chi connectivity index (χ1v) is 9.67. The van der Waals surface area contributed by atoms with Crippen LogP contribution in [0.5, 0.6) is 5.75 Å². The van der Waals surface area contributed by atoms with Crippen LogP contribution in [-0.2, 0) is 20.8 Å². The van der Waals surface area contributed by atoms with Crippen LogP contribution in [-0.4, -0.2) is 37.0 Å². The summed E-state index contributed by atoms with van der Waals surface area (Å²) >= 11 is 0. The van der Waals surface area contributed by atoms with Gasteiger partial charge in [-0.3, -0.25) is 0 Å². The predicted octanol–water partition coefficient (Wildman–Crippen LogP) is 3.04. The van der Waals surface area contributed by atoms with Crippen molar-refractivity contribution in [3.8, 4) is 5.75 Å². The summed E-state index contributed by atoms with van der Waals surface area (Å²) in [6.45, 7) is 0.658. The number of sulfone groups is 1. The molecular weight excluding hydrogens is 401 g/mol. The van der Waals surface area contributed by atoms with E-state index in [9.17, 15) is 31.5 Å². The van der Waals surface area contributed by atoms with E-state index in [0.717, 1.165) is 6.07 Å². The van der Waals surface area contributed by atoms with E-state index in [1.165, 1.54) is 31.2 Å². The van der Waals surface area contributed by atoms with Gasteiger partial charge in [-0.2, -0.15) is 13.2 Å². The molecule has 152 valence electrons. The molecule has 0 radical (unpaired) electrons. The number of aliphatic carboxylic acids is 1. The lowest BCUT2D eigenvalue weighted by molar-refractivity contribution is -0.140. The van der Waals surface area contributed by atoms with Crippen molar-refractivity contribution < 1.29 is 41.3 Å². The maximum atomic E-state index is 13.0. The summed E-state index contributed by atoms with van der Waals surface area (Å²) in [6, 6.07) is 7.33. The lowest BCUT2D eigenvalue weighted by Gasteiger charge is -2.18. The molecule has 2 aromatic carbocycles. The average molecular weight is 418 g/mol. The summed E-state index contributed by atoms with van der Waals surface area (Å²) in [5.74, 6) is -1.70. The maximum absolute atomic E-state index is 13.0. The molecule has 2 aromatic rings. The van der Waals surface area contributed by atoms with Gasteiger partial charge >= 0.3 is 12.1 Å². The topological polar surface area (TPSA) is 101 Å². The molecular formula is C18H17F3O6S. The van der Waals surface area contributed by atoms with Crippen molar-refractivity contribution in [2.24, 2.45) is 0 Å². The second kappa shape index (κ2) is 8.19. The molecule has 0 aromatic heterocycles. The largest absolute Gasteiger partial charge is 0.482 e. The van der Waals surface area contributed by atoms with Crippen LogP contribution >= 0.6 is 0 Å². The van der Waals surface area contributed by atoms with Gasteiger partial charge in [-0.1, -0.05) is 19.1 Å². The van der Waals surface area contributed by atoms with E-state index in [4.69, 9.17) is 9.84 Å². The number of carbonyl (C=O) groups is 1. The first kappa shape index (κ1) is 21.7. The monoisotopic (exact) mass is 418 g/mol. The number of ether oxygens (including phenoxy) is 1. The Hall–Kier alpha value is -2.59. The Morgan fingerprint density at radius 3 is 2.25 bits per heavy atom. The molecule has 0 saturated heterocycles. The Kier molecular flexibility index (Phi) is 6.35. The van der Waals surface area contributed by atoms with Crippen LogP contribution in [0, 0.1) is 0 Å². The smallest absolute Gasteiger partial charge is 0.416 e. The molecule has 0 aliphatic carbocycles. The molecule has 0 bridgehead atoms. The summed E-state index contributed by atoms with van der Waals surface area (Å²) < 4.78 is 67.7. The Balaban J connectivity index is 2.46. The van der Waals surface area contributed by atoms with Crippen LogP contribution in [0.15, 0.2) is 47.4 Å². The number of hydrogen-bond donors (Lipinski definition) is 2. The molecule has 0 spiro atoms. The average Bonchev–Trinajstić information content (AvgIpc) is 2.65. The minimum atomic E-state index is -4.68. The first-order chi connectivity index (χ1) is 13.0. The van der Waals surface area contributed by atoms with E-state index >= 15 is 0 Å². The van der Waals surface area contributed by atoms with Crippen molar-refractivity contribution >= 4 is 15.8 Å². The predicted molar refractivity (Wildman–Crippen MR) is 92.8 cm³/mol. The number of carboxylic acids is 1. The quantitative estimate of drug-likeness (QED) is 0.717. The third kappa shape index (κ3) is 5.02. The van der Waals surface area contributed by atoms with Crippen LogP contribution in [0.2, 0.25) is 0 Å². The minimum Gasteiger partial charge on any atom is -0.482 e. The third-order valence-electron chi connectivity index (χ3n) is 3.92. The summed E-state index contributed by atoms with van der Waals surface area (Å²) in [5.41, 5.74) is -1.22. The van der Waals surface area contributed by atoms with Gasteiger partial charge in [0.25, 0.3) is 0 Å². The van der Waals surface area contributed by atoms with Crippen molar-refractivity contribution in [1.29, 1.82) is 0 Å². The number of carboxylic acid groups (broad SMARTS) is 1. The normalized spacial score (nSPS) is 13.2. The van der Waals surface area contributed by atoms with Crippen LogP contribution in [0.25, 0.3) is 0 Å². The fraction of sp³-hybridized carbons (Fsp3) is 0.278. The van der Waals surface area contributed by atoms with Gasteiger partial charge in [0.05, 0.1) is 16.2 Å². The Bertz CT molecular complexity index is 952. The van der Waals surface area contributed by atoms with Crippen LogP contribution < -0.4 is 4.74 Å². The highest BCUT2D eigenvalue weighted by molar-refractivity contribution is 7.91. The maximum Gasteiger partial charge on any atom is 0.416 e. The molecule has 10 heteroatoms. The third-order valence-corrected chi connectivity index (χ3v) is 5.67. The number of hydrogen-bond acceptors (Lipinski definition) is 5. The molecule has 2 rings (SSSR count). The van der Waals surface area contributed by atoms with Gasteiger partial charge in [-0.05, 0) is 35.9 Å². The standard InChI is InChI=1S/C18H17F3O6S/c1-2-28(25,26)13-6-3-11(4-7-13)17(24)14-9-12(18(19,20)21)5-8-15(14)27-10-16(22)23/h3-9,17,24H,2,10H2,1H3,(H,22,23). The van der Waals surface area contributed by atoms with E-state index in [2.05, 4.69) is 0 Å². The number of alkyl halides is 3. The number of aliphatic hydroxyl groups is 1. The van der Waals surface area contributed by atoms with Gasteiger partial charge in [0.1, 0.15) is 11.9 Å². The summed E-state index contributed by atoms with van der Waals surface area (Å²) in [4.78, 5) is 10.7. The highest BCUT2D eigenvalue weighted by Crippen LogP contribution is 2.37. The number of benzene rings is 2. The molecule has 0 amide bonds. The molecule has 0 aliphatic rings. The second-order valence-corrected chi connectivity index (χ2v) is 8.09. The zero-order valence-electron chi connectivity index (χ0n) is 14.6. The van der Waals surface area contributed by atoms with Crippen molar-refractivity contribution in [2.45, 2.75) is 24.1 Å². The summed E-state index contributed by atoms with van der Waals surface area (Å²) in [6.07, 6.45) is -6.27. The fourth-order valence-corrected chi connectivity index (χ4v) is 3.30. The number of rotatable bonds is 7. The number of halogens is 3. The minimum absolute atomic E-state index is 0.0114. The SMILES string of the molecule is CCS(=O)(=O)c1ccc(C(O)c2cc(C(F)(F)F)ccc2OCC(=O)O)cc1. The number of aliphatic hydroxyl groups excluding tert-OH is 1. The van der Waals surface area contributed by atoms with E-state index in [0.29, 0.717) is 12.1 Å². The molecule has 0 saturated carbocycles. The van der Waals surface area contributed by atoms with E-state index in [1.54, 1.807) is 0 Å². The highest BCUT2D eigenvalue weighted by atomic mass is 32.2. The van der Waals surface area contributed by atoms with Gasteiger partial charge in [0.2, 0.25) is 0 Å². The van der Waals surface area contributed by atoms with Crippen molar-refractivity contribution in [2.75, 3.05) is 12.4 Å². The van der Waals surface area contributed by atoms with E-state index in [1.807, 2.05) is 0 Å². The van der Waals surface area contributed by atoms with E-state index < -0.39 is 40.3 Å². The Morgan fingerprint density at radius 2 is 1.75 bits per heavy atom. The van der Waals surface area contributed by atoms with E-state index in [-0.39, 0.29) is 27.5 Å². The van der Waals surface area contributed by atoms with Crippen molar-refractivity contribution in [1.82, 2.24) is 0 Å². The Morgan fingerprint density at radius 1 is 1.14 bits per heavy atom. The molecule has 1 unspecified atom stereocenters. The second-order valence-electron chi connectivity index (χ2n) is 5.81. The lowest BCUT2D eigenvalue weighted by Crippen LogP contribution is -2.14. The molecule has 28 heavy (non-hydrogen) atoms. The molecule has 0 heterocycles. The van der Waals surface area contributed by atoms with Crippen molar-refractivity contribution in [3.63, 3.8) is 0 Å². The first-order valence-electron chi connectivity index (χ1n) is 8.02. The van der Waals surface area contributed by atoms with Gasteiger partial charge in [0, 0.05) is 5.56 Å². The molecule has 1 atom stereocenters. The molecule has 2 N–H and O–H groups in total. The summed E-state index contributed by atoms with van der Waals surface area (Å²) in [7, 11) is -3.48. The van der Waals surface area contributed by atoms with Gasteiger partial charge in [-0.25, -0.2) is 13.2 Å². The summed E-state index contributed by atoms with van der Waals surface area (Å²) in [5, 5.41) is 19.2. The molecule has 0 aliphatic heterocycles. The van der Waals surface area contributed by atoms with Gasteiger partial charge in [-0.15, -0.1) is 0 Å². The lowest BCUT2D eigenvalue weighted by atomic mass is 9.98. The fourth-order valence-electron chi connectivity index (χ4n) is 2.41.